The second-order valence-electron chi connectivity index (χ2n) is 12.6. The molecule has 2 aliphatic carbocycles. The number of nitro benzene ring substituents is 1. The molecule has 3 aromatic carbocycles. The first-order chi connectivity index (χ1) is 21.5. The number of thiazole rings is 1. The van der Waals surface area contributed by atoms with Crippen molar-refractivity contribution in [2.24, 2.45) is 23.7 Å². The van der Waals surface area contributed by atoms with Gasteiger partial charge in [-0.05, 0) is 104 Å². The summed E-state index contributed by atoms with van der Waals surface area (Å²) >= 11 is 5.02. The molecule has 4 aromatic rings. The predicted molar refractivity (Wildman–Crippen MR) is 181 cm³/mol. The SMILES string of the molecule is CCCC1CCC(C2CCC(COc3ccc(OCc4ccc(Br)cc4)c4sc(-c5ccc([N+](=O)[O-])cc5)nc34)CC2)CC1. The molecule has 44 heavy (non-hydrogen) atoms. The number of rotatable bonds is 11. The van der Waals surface area contributed by atoms with Crippen molar-refractivity contribution in [1.29, 1.82) is 0 Å². The van der Waals surface area contributed by atoms with Crippen LogP contribution in [0.1, 0.15) is 76.7 Å². The highest BCUT2D eigenvalue weighted by Crippen LogP contribution is 2.44. The number of non-ortho nitro benzene ring substituents is 1. The molecule has 1 aromatic heterocycles. The Morgan fingerprint density at radius 3 is 2.11 bits per heavy atom. The third-order valence-corrected chi connectivity index (χ3v) is 11.4. The largest absolute Gasteiger partial charge is 0.491 e. The quantitative estimate of drug-likeness (QED) is 0.117. The van der Waals surface area contributed by atoms with Gasteiger partial charge in [0.15, 0.2) is 0 Å². The Morgan fingerprint density at radius 2 is 1.48 bits per heavy atom. The van der Waals surface area contributed by atoms with Crippen LogP contribution in [0.15, 0.2) is 65.1 Å². The van der Waals surface area contributed by atoms with Crippen LogP contribution in [0.25, 0.3) is 20.8 Å². The number of fused-ring (bicyclic) bond motifs is 1. The molecule has 2 aliphatic rings. The third kappa shape index (κ3) is 7.45. The van der Waals surface area contributed by atoms with Crippen molar-refractivity contribution in [3.8, 4) is 22.1 Å². The predicted octanol–water partition coefficient (Wildman–Crippen LogP) is 11.0. The second-order valence-corrected chi connectivity index (χ2v) is 14.6. The Morgan fingerprint density at radius 1 is 0.841 bits per heavy atom. The zero-order valence-electron chi connectivity index (χ0n) is 25.4. The summed E-state index contributed by atoms with van der Waals surface area (Å²) < 4.78 is 14.8. The van der Waals surface area contributed by atoms with E-state index in [0.717, 1.165) is 60.1 Å². The van der Waals surface area contributed by atoms with Gasteiger partial charge in [0, 0.05) is 22.2 Å². The highest BCUT2D eigenvalue weighted by Gasteiger charge is 2.31. The third-order valence-electron chi connectivity index (χ3n) is 9.72. The second kappa shape index (κ2) is 14.4. The lowest BCUT2D eigenvalue weighted by Crippen LogP contribution is -2.27. The standard InChI is InChI=1S/C36H41BrN2O4S/c1-2-3-24-4-10-27(11-5-24)28-12-6-25(7-13-28)22-42-32-20-21-33(43-23-26-8-16-30(37)17-9-26)35-34(32)38-36(44-35)29-14-18-31(19-15-29)39(40)41/h8-9,14-21,24-25,27-28H,2-7,10-13,22-23H2,1H3. The summed E-state index contributed by atoms with van der Waals surface area (Å²) in [6.07, 6.45) is 13.6. The van der Waals surface area contributed by atoms with Crippen LogP contribution in [0.5, 0.6) is 11.5 Å². The summed E-state index contributed by atoms with van der Waals surface area (Å²) in [6, 6.07) is 18.6. The van der Waals surface area contributed by atoms with Crippen molar-refractivity contribution >= 4 is 43.2 Å². The summed E-state index contributed by atoms with van der Waals surface area (Å²) in [5.74, 6) is 4.90. The summed E-state index contributed by atoms with van der Waals surface area (Å²) in [5.41, 5.74) is 2.76. The number of hydrogen-bond acceptors (Lipinski definition) is 6. The Balaban J connectivity index is 1.14. The molecule has 0 amide bonds. The van der Waals surface area contributed by atoms with Crippen LogP contribution in [0.3, 0.4) is 0 Å². The minimum absolute atomic E-state index is 0.0660. The molecule has 0 aliphatic heterocycles. The molecule has 0 radical (unpaired) electrons. The maximum Gasteiger partial charge on any atom is 0.269 e. The van der Waals surface area contributed by atoms with Crippen LogP contribution in [0.2, 0.25) is 0 Å². The highest BCUT2D eigenvalue weighted by atomic mass is 79.9. The zero-order chi connectivity index (χ0) is 30.5. The Kier molecular flexibility index (Phi) is 10.2. The molecule has 232 valence electrons. The van der Waals surface area contributed by atoms with Crippen molar-refractivity contribution < 1.29 is 14.4 Å². The van der Waals surface area contributed by atoms with E-state index < -0.39 is 0 Å². The van der Waals surface area contributed by atoms with Gasteiger partial charge in [-0.2, -0.15) is 0 Å². The fourth-order valence-electron chi connectivity index (χ4n) is 7.17. The number of nitrogens with zero attached hydrogens (tertiary/aromatic N) is 2. The smallest absolute Gasteiger partial charge is 0.269 e. The molecule has 0 spiro atoms. The first kappa shape index (κ1) is 31.0. The van der Waals surface area contributed by atoms with Gasteiger partial charge in [0.25, 0.3) is 5.69 Å². The minimum Gasteiger partial charge on any atom is -0.491 e. The van der Waals surface area contributed by atoms with E-state index in [1.54, 1.807) is 12.1 Å². The average Bonchev–Trinajstić information content (AvgIpc) is 3.51. The first-order valence-electron chi connectivity index (χ1n) is 16.1. The fraction of sp³-hybridized carbons (Fsp3) is 0.472. The lowest BCUT2D eigenvalue weighted by atomic mass is 9.69. The van der Waals surface area contributed by atoms with Gasteiger partial charge in [-0.1, -0.05) is 60.7 Å². The van der Waals surface area contributed by atoms with E-state index in [1.165, 1.54) is 87.7 Å². The van der Waals surface area contributed by atoms with Gasteiger partial charge in [0.2, 0.25) is 0 Å². The van der Waals surface area contributed by atoms with Crippen molar-refractivity contribution in [3.63, 3.8) is 0 Å². The molecule has 2 fully saturated rings. The summed E-state index contributed by atoms with van der Waals surface area (Å²) in [5, 5.41) is 12.0. The van der Waals surface area contributed by atoms with E-state index in [1.807, 2.05) is 36.4 Å². The number of hydrogen-bond donors (Lipinski definition) is 0. The number of nitro groups is 1. The van der Waals surface area contributed by atoms with Crippen LogP contribution >= 0.6 is 27.3 Å². The molecule has 0 unspecified atom stereocenters. The van der Waals surface area contributed by atoms with Crippen LogP contribution in [0, 0.1) is 33.8 Å². The van der Waals surface area contributed by atoms with Crippen LogP contribution in [0.4, 0.5) is 5.69 Å². The van der Waals surface area contributed by atoms with Crippen molar-refractivity contribution in [1.82, 2.24) is 4.98 Å². The highest BCUT2D eigenvalue weighted by molar-refractivity contribution is 9.10. The molecule has 0 bridgehead atoms. The Labute approximate surface area is 272 Å². The van der Waals surface area contributed by atoms with Crippen LogP contribution in [-0.2, 0) is 6.61 Å². The van der Waals surface area contributed by atoms with Crippen LogP contribution < -0.4 is 9.47 Å². The number of aromatic nitrogens is 1. The Hall–Kier alpha value is -2.97. The maximum atomic E-state index is 11.2. The molecule has 6 rings (SSSR count). The van der Waals surface area contributed by atoms with E-state index in [0.29, 0.717) is 19.1 Å². The normalized spacial score (nSPS) is 22.1. The molecule has 0 saturated heterocycles. The van der Waals surface area contributed by atoms with Crippen molar-refractivity contribution in [2.45, 2.75) is 77.7 Å². The molecule has 8 heteroatoms. The minimum atomic E-state index is -0.381. The van der Waals surface area contributed by atoms with E-state index in [9.17, 15) is 10.1 Å². The van der Waals surface area contributed by atoms with E-state index in [-0.39, 0.29) is 10.6 Å². The summed E-state index contributed by atoms with van der Waals surface area (Å²) in [7, 11) is 0. The van der Waals surface area contributed by atoms with E-state index >= 15 is 0 Å². The van der Waals surface area contributed by atoms with Gasteiger partial charge in [0.05, 0.1) is 11.5 Å². The first-order valence-corrected chi connectivity index (χ1v) is 17.8. The number of benzene rings is 3. The summed E-state index contributed by atoms with van der Waals surface area (Å²) in [4.78, 5) is 15.8. The molecule has 2 saturated carbocycles. The van der Waals surface area contributed by atoms with Crippen LogP contribution in [-0.4, -0.2) is 16.5 Å². The lowest BCUT2D eigenvalue weighted by molar-refractivity contribution is -0.384. The van der Waals surface area contributed by atoms with Gasteiger partial charge in [-0.3, -0.25) is 10.1 Å². The number of ether oxygens (including phenoxy) is 2. The zero-order valence-corrected chi connectivity index (χ0v) is 27.8. The Bertz CT molecular complexity index is 1540. The molecule has 6 nitrogen and oxygen atoms in total. The van der Waals surface area contributed by atoms with Crippen molar-refractivity contribution in [2.75, 3.05) is 6.61 Å². The fourth-order valence-corrected chi connectivity index (χ4v) is 8.49. The van der Waals surface area contributed by atoms with Gasteiger partial charge >= 0.3 is 0 Å². The summed E-state index contributed by atoms with van der Waals surface area (Å²) in [6.45, 7) is 3.46. The molecule has 1 heterocycles. The van der Waals surface area contributed by atoms with E-state index in [2.05, 4.69) is 22.9 Å². The molecular formula is C36H41BrN2O4S. The van der Waals surface area contributed by atoms with Gasteiger partial charge < -0.3 is 9.47 Å². The van der Waals surface area contributed by atoms with E-state index in [4.69, 9.17) is 14.5 Å². The van der Waals surface area contributed by atoms with Gasteiger partial charge in [-0.15, -0.1) is 11.3 Å². The monoisotopic (exact) mass is 676 g/mol. The molecule has 0 N–H and O–H groups in total. The molecule has 0 atom stereocenters. The maximum absolute atomic E-state index is 11.2. The van der Waals surface area contributed by atoms with Crippen molar-refractivity contribution in [3.05, 3.63) is 80.8 Å². The van der Waals surface area contributed by atoms with Gasteiger partial charge in [0.1, 0.15) is 33.3 Å². The topological polar surface area (TPSA) is 74.5 Å². The average molecular weight is 678 g/mol. The molecular weight excluding hydrogens is 636 g/mol. The van der Waals surface area contributed by atoms with Gasteiger partial charge in [-0.25, -0.2) is 4.98 Å². The number of halogens is 1. The lowest BCUT2D eigenvalue weighted by Gasteiger charge is -2.37.